The summed E-state index contributed by atoms with van der Waals surface area (Å²) in [5, 5.41) is 3.39. The fourth-order valence-electron chi connectivity index (χ4n) is 4.10. The van der Waals surface area contributed by atoms with Gasteiger partial charge in [-0.25, -0.2) is 4.98 Å². The molecule has 0 spiro atoms. The highest BCUT2D eigenvalue weighted by atomic mass is 16.2. The van der Waals surface area contributed by atoms with E-state index in [2.05, 4.69) is 30.7 Å². The average Bonchev–Trinajstić information content (AvgIpc) is 3.10. The minimum Gasteiger partial charge on any atom is -0.340 e. The Balaban J connectivity index is 1.22. The van der Waals surface area contributed by atoms with Crippen LogP contribution in [-0.2, 0) is 11.3 Å². The largest absolute Gasteiger partial charge is 0.340 e. The highest BCUT2D eigenvalue weighted by Gasteiger charge is 2.23. The predicted molar refractivity (Wildman–Crippen MR) is 102 cm³/mol. The first kappa shape index (κ1) is 17.5. The number of aromatic nitrogens is 2. The Morgan fingerprint density at radius 2 is 1.96 bits per heavy atom. The summed E-state index contributed by atoms with van der Waals surface area (Å²) in [6.07, 6.45) is 8.36. The van der Waals surface area contributed by atoms with Gasteiger partial charge in [0, 0.05) is 51.5 Å². The Bertz CT molecular complexity index is 696. The molecule has 2 aliphatic rings. The van der Waals surface area contributed by atoms with Crippen molar-refractivity contribution in [3.05, 3.63) is 36.3 Å². The van der Waals surface area contributed by atoms with Gasteiger partial charge in [0.2, 0.25) is 5.91 Å². The van der Waals surface area contributed by atoms with Crippen LogP contribution >= 0.6 is 0 Å². The van der Waals surface area contributed by atoms with Gasteiger partial charge >= 0.3 is 0 Å². The SMILES string of the molecule is O=C(CCC1CCNCC1)N1CCN(Cc2cn3ccccc3n2)CC1. The van der Waals surface area contributed by atoms with E-state index in [1.54, 1.807) is 0 Å². The van der Waals surface area contributed by atoms with Crippen molar-refractivity contribution in [3.8, 4) is 0 Å². The molecule has 0 bridgehead atoms. The van der Waals surface area contributed by atoms with Gasteiger partial charge in [-0.15, -0.1) is 0 Å². The number of pyridine rings is 1. The van der Waals surface area contributed by atoms with Crippen LogP contribution in [0.1, 0.15) is 31.4 Å². The fraction of sp³-hybridized carbons (Fsp3) is 0.600. The summed E-state index contributed by atoms with van der Waals surface area (Å²) in [6.45, 7) is 6.65. The second kappa shape index (κ2) is 8.18. The lowest BCUT2D eigenvalue weighted by atomic mass is 9.93. The second-order valence-electron chi connectivity index (χ2n) is 7.59. The number of piperazine rings is 1. The molecule has 0 unspecified atom stereocenters. The molecular weight excluding hydrogens is 326 g/mol. The summed E-state index contributed by atoms with van der Waals surface area (Å²) in [5.74, 6) is 1.08. The molecule has 0 aromatic carbocycles. The van der Waals surface area contributed by atoms with Crippen LogP contribution in [0.2, 0.25) is 0 Å². The fourth-order valence-corrected chi connectivity index (χ4v) is 4.10. The smallest absolute Gasteiger partial charge is 0.222 e. The molecule has 0 radical (unpaired) electrons. The number of carbonyl (C=O) groups is 1. The van der Waals surface area contributed by atoms with E-state index in [1.165, 1.54) is 12.8 Å². The van der Waals surface area contributed by atoms with Crippen molar-refractivity contribution in [2.24, 2.45) is 5.92 Å². The molecule has 1 N–H and O–H groups in total. The molecule has 4 rings (SSSR count). The molecule has 0 atom stereocenters. The molecule has 0 saturated carbocycles. The van der Waals surface area contributed by atoms with Crippen molar-refractivity contribution in [1.29, 1.82) is 0 Å². The number of fused-ring (bicyclic) bond motifs is 1. The lowest BCUT2D eigenvalue weighted by Crippen LogP contribution is -2.48. The summed E-state index contributed by atoms with van der Waals surface area (Å²) in [7, 11) is 0. The number of carbonyl (C=O) groups excluding carboxylic acids is 1. The average molecular weight is 355 g/mol. The molecular formula is C20H29N5O. The number of amides is 1. The van der Waals surface area contributed by atoms with Gasteiger partial charge in [-0.1, -0.05) is 6.07 Å². The normalized spacial score (nSPS) is 19.9. The zero-order chi connectivity index (χ0) is 17.8. The molecule has 2 fully saturated rings. The first-order chi connectivity index (χ1) is 12.8. The predicted octanol–water partition coefficient (Wildman–Crippen LogP) is 1.76. The molecule has 0 aliphatic carbocycles. The number of imidazole rings is 1. The Morgan fingerprint density at radius 3 is 2.73 bits per heavy atom. The Hall–Kier alpha value is -1.92. The van der Waals surface area contributed by atoms with Gasteiger partial charge in [0.1, 0.15) is 5.65 Å². The minimum atomic E-state index is 0.343. The first-order valence-electron chi connectivity index (χ1n) is 9.91. The molecule has 2 aromatic heterocycles. The highest BCUT2D eigenvalue weighted by molar-refractivity contribution is 5.76. The van der Waals surface area contributed by atoms with Gasteiger partial charge in [-0.3, -0.25) is 9.69 Å². The number of nitrogens with one attached hydrogen (secondary N) is 1. The maximum absolute atomic E-state index is 12.5. The van der Waals surface area contributed by atoms with E-state index >= 15 is 0 Å². The summed E-state index contributed by atoms with van der Waals surface area (Å²) in [5.41, 5.74) is 2.09. The lowest BCUT2D eigenvalue weighted by molar-refractivity contribution is -0.133. The molecule has 2 aromatic rings. The van der Waals surface area contributed by atoms with Crippen LogP contribution in [0.5, 0.6) is 0 Å². The van der Waals surface area contributed by atoms with Gasteiger partial charge in [0.25, 0.3) is 0 Å². The monoisotopic (exact) mass is 355 g/mol. The molecule has 2 saturated heterocycles. The van der Waals surface area contributed by atoms with E-state index in [0.29, 0.717) is 5.91 Å². The van der Waals surface area contributed by atoms with E-state index < -0.39 is 0 Å². The quantitative estimate of drug-likeness (QED) is 0.888. The van der Waals surface area contributed by atoms with Gasteiger partial charge in [0.05, 0.1) is 5.69 Å². The van der Waals surface area contributed by atoms with Crippen LogP contribution in [-0.4, -0.2) is 64.4 Å². The van der Waals surface area contributed by atoms with Crippen molar-refractivity contribution in [2.75, 3.05) is 39.3 Å². The Labute approximate surface area is 155 Å². The molecule has 26 heavy (non-hydrogen) atoms. The van der Waals surface area contributed by atoms with Crippen molar-refractivity contribution in [2.45, 2.75) is 32.2 Å². The van der Waals surface area contributed by atoms with E-state index in [0.717, 1.165) is 75.9 Å². The van der Waals surface area contributed by atoms with Crippen molar-refractivity contribution in [1.82, 2.24) is 24.5 Å². The number of hydrogen-bond donors (Lipinski definition) is 1. The van der Waals surface area contributed by atoms with Gasteiger partial charge in [-0.05, 0) is 50.4 Å². The maximum atomic E-state index is 12.5. The van der Waals surface area contributed by atoms with Crippen LogP contribution in [0.3, 0.4) is 0 Å². The van der Waals surface area contributed by atoms with Gasteiger partial charge < -0.3 is 14.6 Å². The molecule has 2 aliphatic heterocycles. The van der Waals surface area contributed by atoms with Gasteiger partial charge in [-0.2, -0.15) is 0 Å². The van der Waals surface area contributed by atoms with E-state index in [1.807, 2.05) is 24.4 Å². The maximum Gasteiger partial charge on any atom is 0.222 e. The third-order valence-electron chi connectivity index (χ3n) is 5.75. The van der Waals surface area contributed by atoms with Crippen molar-refractivity contribution < 1.29 is 4.79 Å². The summed E-state index contributed by atoms with van der Waals surface area (Å²) in [4.78, 5) is 21.6. The number of nitrogens with zero attached hydrogens (tertiary/aromatic N) is 4. The standard InChI is InChI=1S/C20H29N5O/c26-20(5-4-17-6-8-21-9-7-17)24-13-11-23(12-14-24)15-18-16-25-10-2-1-3-19(25)22-18/h1-3,10,16-17,21H,4-9,11-15H2. The number of hydrogen-bond acceptors (Lipinski definition) is 4. The zero-order valence-electron chi connectivity index (χ0n) is 15.4. The summed E-state index contributed by atoms with van der Waals surface area (Å²) < 4.78 is 2.07. The lowest BCUT2D eigenvalue weighted by Gasteiger charge is -2.34. The molecule has 6 heteroatoms. The zero-order valence-corrected chi connectivity index (χ0v) is 15.4. The topological polar surface area (TPSA) is 52.9 Å². The van der Waals surface area contributed by atoms with Crippen LogP contribution in [0.15, 0.2) is 30.6 Å². The molecule has 4 heterocycles. The minimum absolute atomic E-state index is 0.343. The molecule has 1 amide bonds. The van der Waals surface area contributed by atoms with Gasteiger partial charge in [0.15, 0.2) is 0 Å². The van der Waals surface area contributed by atoms with Crippen molar-refractivity contribution >= 4 is 11.6 Å². The van der Waals surface area contributed by atoms with E-state index in [-0.39, 0.29) is 0 Å². The number of rotatable bonds is 5. The third kappa shape index (κ3) is 4.24. The van der Waals surface area contributed by atoms with Crippen LogP contribution in [0.25, 0.3) is 5.65 Å². The van der Waals surface area contributed by atoms with Crippen LogP contribution < -0.4 is 5.32 Å². The van der Waals surface area contributed by atoms with Crippen LogP contribution in [0.4, 0.5) is 0 Å². The first-order valence-corrected chi connectivity index (χ1v) is 9.91. The van der Waals surface area contributed by atoms with Crippen LogP contribution in [0, 0.1) is 5.92 Å². The Morgan fingerprint density at radius 1 is 1.15 bits per heavy atom. The molecule has 140 valence electrons. The Kier molecular flexibility index (Phi) is 5.51. The van der Waals surface area contributed by atoms with Crippen molar-refractivity contribution in [3.63, 3.8) is 0 Å². The summed E-state index contributed by atoms with van der Waals surface area (Å²) in [6, 6.07) is 6.06. The number of piperidine rings is 1. The third-order valence-corrected chi connectivity index (χ3v) is 5.75. The summed E-state index contributed by atoms with van der Waals surface area (Å²) >= 11 is 0. The van der Waals surface area contributed by atoms with E-state index in [9.17, 15) is 4.79 Å². The highest BCUT2D eigenvalue weighted by Crippen LogP contribution is 2.19. The molecule has 6 nitrogen and oxygen atoms in total. The second-order valence-corrected chi connectivity index (χ2v) is 7.59. The van der Waals surface area contributed by atoms with E-state index in [4.69, 9.17) is 0 Å².